The number of rotatable bonds is 3. The van der Waals surface area contributed by atoms with E-state index >= 15 is 0 Å². The second-order valence-electron chi connectivity index (χ2n) is 4.14. The molecule has 2 rings (SSSR count). The summed E-state index contributed by atoms with van der Waals surface area (Å²) in [4.78, 5) is 28.5. The van der Waals surface area contributed by atoms with Crippen LogP contribution >= 0.6 is 0 Å². The van der Waals surface area contributed by atoms with Crippen molar-refractivity contribution in [1.82, 2.24) is 4.98 Å². The van der Waals surface area contributed by atoms with Gasteiger partial charge < -0.3 is 14.7 Å². The molecule has 1 saturated heterocycles. The predicted molar refractivity (Wildman–Crippen MR) is 63.5 cm³/mol. The number of anilines is 1. The molecule has 96 valence electrons. The number of nitrogens with zero attached hydrogens (tertiary/aromatic N) is 2. The van der Waals surface area contributed by atoms with E-state index in [9.17, 15) is 9.59 Å². The molecule has 6 nitrogen and oxygen atoms in total. The summed E-state index contributed by atoms with van der Waals surface area (Å²) in [5.74, 6) is -1.18. The van der Waals surface area contributed by atoms with Gasteiger partial charge in [-0.3, -0.25) is 4.79 Å². The number of hydrogen-bond acceptors (Lipinski definition) is 5. The van der Waals surface area contributed by atoms with E-state index in [1.54, 1.807) is 18.3 Å². The fraction of sp³-hybridized carbons (Fsp3) is 0.417. The van der Waals surface area contributed by atoms with E-state index in [0.29, 0.717) is 30.9 Å². The smallest absolute Gasteiger partial charge is 0.341 e. The molecular formula is C12H14N2O4. The Morgan fingerprint density at radius 3 is 2.94 bits per heavy atom. The van der Waals surface area contributed by atoms with Gasteiger partial charge in [-0.25, -0.2) is 9.78 Å². The Hall–Kier alpha value is -2.11. The van der Waals surface area contributed by atoms with Crippen LogP contribution in [-0.4, -0.2) is 42.2 Å². The molecule has 18 heavy (non-hydrogen) atoms. The van der Waals surface area contributed by atoms with Gasteiger partial charge in [0, 0.05) is 19.3 Å². The van der Waals surface area contributed by atoms with Gasteiger partial charge in [0.05, 0.1) is 13.0 Å². The molecule has 0 bridgehead atoms. The number of esters is 1. The number of carbonyl (C=O) groups is 2. The van der Waals surface area contributed by atoms with Gasteiger partial charge in [-0.15, -0.1) is 0 Å². The number of aliphatic carboxylic acids is 1. The fourth-order valence-corrected chi connectivity index (χ4v) is 2.07. The number of carboxylic acids is 1. The molecule has 0 saturated carbocycles. The van der Waals surface area contributed by atoms with Crippen molar-refractivity contribution in [3.05, 3.63) is 23.9 Å². The first-order chi connectivity index (χ1) is 8.63. The van der Waals surface area contributed by atoms with Crippen LogP contribution in [0, 0.1) is 5.92 Å². The van der Waals surface area contributed by atoms with Crippen LogP contribution in [0.2, 0.25) is 0 Å². The maximum atomic E-state index is 11.6. The van der Waals surface area contributed by atoms with Gasteiger partial charge in [0.2, 0.25) is 0 Å². The quantitative estimate of drug-likeness (QED) is 0.798. The predicted octanol–water partition coefficient (Wildman–Crippen LogP) is 0.779. The largest absolute Gasteiger partial charge is 0.481 e. The molecule has 1 aliphatic rings. The van der Waals surface area contributed by atoms with Crippen molar-refractivity contribution >= 4 is 17.8 Å². The highest BCUT2D eigenvalue weighted by Gasteiger charge is 2.30. The molecule has 6 heteroatoms. The highest BCUT2D eigenvalue weighted by molar-refractivity contribution is 5.94. The lowest BCUT2D eigenvalue weighted by atomic mass is 10.1. The summed E-state index contributed by atoms with van der Waals surface area (Å²) in [7, 11) is 1.31. The lowest BCUT2D eigenvalue weighted by molar-refractivity contribution is -0.140. The average molecular weight is 250 g/mol. The van der Waals surface area contributed by atoms with Crippen molar-refractivity contribution in [3.63, 3.8) is 0 Å². The molecule has 0 radical (unpaired) electrons. The van der Waals surface area contributed by atoms with Crippen molar-refractivity contribution < 1.29 is 19.4 Å². The second kappa shape index (κ2) is 5.03. The Morgan fingerprint density at radius 2 is 2.33 bits per heavy atom. The first-order valence-corrected chi connectivity index (χ1v) is 5.64. The second-order valence-corrected chi connectivity index (χ2v) is 4.14. The zero-order valence-corrected chi connectivity index (χ0v) is 10.00. The molecule has 0 amide bonds. The number of aromatic nitrogens is 1. The maximum Gasteiger partial charge on any atom is 0.341 e. The lowest BCUT2D eigenvalue weighted by Gasteiger charge is -2.19. The van der Waals surface area contributed by atoms with Crippen molar-refractivity contribution in [1.29, 1.82) is 0 Å². The number of pyridine rings is 1. The molecule has 1 N–H and O–H groups in total. The summed E-state index contributed by atoms with van der Waals surface area (Å²) < 4.78 is 4.69. The van der Waals surface area contributed by atoms with Crippen LogP contribution in [0.15, 0.2) is 18.3 Å². The minimum atomic E-state index is -0.812. The SMILES string of the molecule is COC(=O)c1cccnc1N1CCC(C(=O)O)C1. The first-order valence-electron chi connectivity index (χ1n) is 5.64. The third-order valence-electron chi connectivity index (χ3n) is 3.03. The van der Waals surface area contributed by atoms with E-state index in [1.807, 2.05) is 4.90 Å². The van der Waals surface area contributed by atoms with Crippen LogP contribution in [0.4, 0.5) is 5.82 Å². The first kappa shape index (κ1) is 12.3. The zero-order chi connectivity index (χ0) is 13.1. The van der Waals surface area contributed by atoms with Gasteiger partial charge in [-0.2, -0.15) is 0 Å². The normalized spacial score (nSPS) is 18.7. The molecule has 0 aliphatic carbocycles. The Bertz CT molecular complexity index is 475. The Kier molecular flexibility index (Phi) is 3.45. The summed E-state index contributed by atoms with van der Waals surface area (Å²) in [5, 5.41) is 8.96. The maximum absolute atomic E-state index is 11.6. The Morgan fingerprint density at radius 1 is 1.56 bits per heavy atom. The number of carbonyl (C=O) groups excluding carboxylic acids is 1. The van der Waals surface area contributed by atoms with Crippen LogP contribution in [0.25, 0.3) is 0 Å². The summed E-state index contributed by atoms with van der Waals surface area (Å²) in [6, 6.07) is 3.28. The van der Waals surface area contributed by atoms with E-state index in [2.05, 4.69) is 9.72 Å². The van der Waals surface area contributed by atoms with Crippen molar-refractivity contribution in [2.75, 3.05) is 25.1 Å². The summed E-state index contributed by atoms with van der Waals surface area (Å²) >= 11 is 0. The Labute approximate surface area is 104 Å². The van der Waals surface area contributed by atoms with E-state index < -0.39 is 17.9 Å². The van der Waals surface area contributed by atoms with Crippen LogP contribution in [0.1, 0.15) is 16.8 Å². The molecule has 1 aliphatic heterocycles. The van der Waals surface area contributed by atoms with E-state index in [-0.39, 0.29) is 0 Å². The third kappa shape index (κ3) is 2.27. The number of carboxylic acid groups (broad SMARTS) is 1. The molecular weight excluding hydrogens is 236 g/mol. The molecule has 1 aromatic heterocycles. The number of hydrogen-bond donors (Lipinski definition) is 1. The summed E-state index contributed by atoms with van der Waals surface area (Å²) in [6.07, 6.45) is 2.14. The van der Waals surface area contributed by atoms with Crippen molar-refractivity contribution in [2.45, 2.75) is 6.42 Å². The minimum absolute atomic E-state index is 0.367. The van der Waals surface area contributed by atoms with E-state index in [1.165, 1.54) is 7.11 Å². The van der Waals surface area contributed by atoms with Crippen LogP contribution < -0.4 is 4.90 Å². The van der Waals surface area contributed by atoms with Crippen LogP contribution in [-0.2, 0) is 9.53 Å². The van der Waals surface area contributed by atoms with Crippen LogP contribution in [0.5, 0.6) is 0 Å². The average Bonchev–Trinajstić information content (AvgIpc) is 2.87. The lowest BCUT2D eigenvalue weighted by Crippen LogP contribution is -2.25. The van der Waals surface area contributed by atoms with Crippen molar-refractivity contribution in [2.24, 2.45) is 5.92 Å². The monoisotopic (exact) mass is 250 g/mol. The van der Waals surface area contributed by atoms with Gasteiger partial charge in [0.15, 0.2) is 0 Å². The van der Waals surface area contributed by atoms with Gasteiger partial charge >= 0.3 is 11.9 Å². The van der Waals surface area contributed by atoms with Crippen molar-refractivity contribution in [3.8, 4) is 0 Å². The summed E-state index contributed by atoms with van der Waals surface area (Å²) in [6.45, 7) is 0.953. The third-order valence-corrected chi connectivity index (χ3v) is 3.03. The molecule has 1 unspecified atom stereocenters. The molecule has 0 aromatic carbocycles. The molecule has 1 fully saturated rings. The van der Waals surface area contributed by atoms with E-state index in [4.69, 9.17) is 5.11 Å². The number of ether oxygens (including phenoxy) is 1. The highest BCUT2D eigenvalue weighted by Crippen LogP contribution is 2.25. The summed E-state index contributed by atoms with van der Waals surface area (Å²) in [5.41, 5.74) is 0.367. The van der Waals surface area contributed by atoms with Gasteiger partial charge in [-0.05, 0) is 18.6 Å². The minimum Gasteiger partial charge on any atom is -0.481 e. The van der Waals surface area contributed by atoms with Crippen LogP contribution in [0.3, 0.4) is 0 Å². The number of methoxy groups -OCH3 is 1. The van der Waals surface area contributed by atoms with Gasteiger partial charge in [0.25, 0.3) is 0 Å². The Balaban J connectivity index is 2.24. The molecule has 0 spiro atoms. The van der Waals surface area contributed by atoms with Gasteiger partial charge in [0.1, 0.15) is 11.4 Å². The topological polar surface area (TPSA) is 79.7 Å². The molecule has 1 aromatic rings. The highest BCUT2D eigenvalue weighted by atomic mass is 16.5. The standard InChI is InChI=1S/C12H14N2O4/c1-18-12(17)9-3-2-5-13-10(9)14-6-4-8(7-14)11(15)16/h2-3,5,8H,4,6-7H2,1H3,(H,15,16). The van der Waals surface area contributed by atoms with Gasteiger partial charge in [-0.1, -0.05) is 0 Å². The fourth-order valence-electron chi connectivity index (χ4n) is 2.07. The van der Waals surface area contributed by atoms with E-state index in [0.717, 1.165) is 0 Å². The molecule has 1 atom stereocenters. The molecule has 2 heterocycles. The zero-order valence-electron chi connectivity index (χ0n) is 10.00.